The second-order valence-electron chi connectivity index (χ2n) is 7.20. The summed E-state index contributed by atoms with van der Waals surface area (Å²) in [6.07, 6.45) is 6.59. The number of ether oxygens (including phenoxy) is 1. The van der Waals surface area contributed by atoms with E-state index in [1.165, 1.54) is 32.4 Å². The predicted molar refractivity (Wildman–Crippen MR) is 117 cm³/mol. The molecule has 1 aromatic heterocycles. The third kappa shape index (κ3) is 8.26. The minimum absolute atomic E-state index is 0. The van der Waals surface area contributed by atoms with Crippen molar-refractivity contribution in [1.82, 2.24) is 15.5 Å². The van der Waals surface area contributed by atoms with Gasteiger partial charge in [0.1, 0.15) is 12.4 Å². The fraction of sp³-hybridized carbons (Fsp3) is 0.737. The van der Waals surface area contributed by atoms with Gasteiger partial charge in [-0.1, -0.05) is 6.42 Å². The maximum absolute atomic E-state index is 5.59. The van der Waals surface area contributed by atoms with E-state index >= 15 is 0 Å². The summed E-state index contributed by atoms with van der Waals surface area (Å²) in [5.74, 6) is 1.72. The highest BCUT2D eigenvalue weighted by Crippen LogP contribution is 2.19. The van der Waals surface area contributed by atoms with Crippen LogP contribution in [0.3, 0.4) is 0 Å². The van der Waals surface area contributed by atoms with Crippen LogP contribution in [0.15, 0.2) is 27.8 Å². The normalized spacial score (nSPS) is 16.2. The van der Waals surface area contributed by atoms with Gasteiger partial charge in [-0.15, -0.1) is 24.0 Å². The zero-order valence-corrected chi connectivity index (χ0v) is 18.8. The van der Waals surface area contributed by atoms with Crippen LogP contribution in [-0.2, 0) is 11.3 Å². The molecule has 150 valence electrons. The summed E-state index contributed by atoms with van der Waals surface area (Å²) < 4.78 is 10.8. The smallest absolute Gasteiger partial charge is 0.191 e. The summed E-state index contributed by atoms with van der Waals surface area (Å²) in [6.45, 7) is 9.97. The lowest BCUT2D eigenvalue weighted by atomic mass is 9.98. The lowest BCUT2D eigenvalue weighted by molar-refractivity contribution is 0.0980. The number of piperidine rings is 1. The number of furan rings is 1. The first-order valence-corrected chi connectivity index (χ1v) is 9.41. The Morgan fingerprint density at radius 2 is 2.04 bits per heavy atom. The van der Waals surface area contributed by atoms with E-state index < -0.39 is 0 Å². The highest BCUT2D eigenvalue weighted by Gasteiger charge is 2.27. The molecule has 1 saturated heterocycles. The van der Waals surface area contributed by atoms with Crippen LogP contribution in [0.4, 0.5) is 0 Å². The van der Waals surface area contributed by atoms with Crippen molar-refractivity contribution in [2.75, 3.05) is 39.8 Å². The van der Waals surface area contributed by atoms with Crippen LogP contribution in [0.1, 0.15) is 45.3 Å². The largest absolute Gasteiger partial charge is 0.467 e. The molecule has 2 N–H and O–H groups in total. The van der Waals surface area contributed by atoms with E-state index in [2.05, 4.69) is 34.4 Å². The molecule has 6 nitrogen and oxygen atoms in total. The maximum atomic E-state index is 5.59. The fourth-order valence-electron chi connectivity index (χ4n) is 3.08. The molecular formula is C19H35IN4O2. The van der Waals surface area contributed by atoms with Crippen molar-refractivity contribution < 1.29 is 9.15 Å². The first-order valence-electron chi connectivity index (χ1n) is 9.41. The Bertz CT molecular complexity index is 500. The summed E-state index contributed by atoms with van der Waals surface area (Å²) in [5.41, 5.74) is 0.143. The Hall–Kier alpha value is -0.800. The second-order valence-corrected chi connectivity index (χ2v) is 7.20. The number of aliphatic imine (C=N–C) groups is 1. The Balaban J connectivity index is 0.00000338. The van der Waals surface area contributed by atoms with Crippen LogP contribution in [0.2, 0.25) is 0 Å². The first-order chi connectivity index (χ1) is 12.1. The van der Waals surface area contributed by atoms with Crippen molar-refractivity contribution in [3.05, 3.63) is 24.2 Å². The van der Waals surface area contributed by atoms with Crippen LogP contribution in [0, 0.1) is 0 Å². The van der Waals surface area contributed by atoms with Gasteiger partial charge in [0, 0.05) is 32.3 Å². The number of nitrogens with zero attached hydrogens (tertiary/aromatic N) is 2. The van der Waals surface area contributed by atoms with Crippen molar-refractivity contribution in [3.8, 4) is 0 Å². The quantitative estimate of drug-likeness (QED) is 0.247. The molecule has 0 aromatic carbocycles. The Morgan fingerprint density at radius 1 is 1.27 bits per heavy atom. The number of hydrogen-bond acceptors (Lipinski definition) is 4. The molecule has 0 atom stereocenters. The molecule has 0 spiro atoms. The van der Waals surface area contributed by atoms with Gasteiger partial charge in [-0.25, -0.2) is 0 Å². The molecule has 0 amide bonds. The highest BCUT2D eigenvalue weighted by atomic mass is 127. The summed E-state index contributed by atoms with van der Waals surface area (Å²) in [4.78, 5) is 6.90. The fourth-order valence-corrected chi connectivity index (χ4v) is 3.08. The van der Waals surface area contributed by atoms with E-state index in [1.54, 1.807) is 6.26 Å². The van der Waals surface area contributed by atoms with Crippen LogP contribution < -0.4 is 10.6 Å². The second kappa shape index (κ2) is 12.6. The van der Waals surface area contributed by atoms with Gasteiger partial charge >= 0.3 is 0 Å². The molecule has 0 bridgehead atoms. The average Bonchev–Trinajstić information content (AvgIpc) is 3.14. The summed E-state index contributed by atoms with van der Waals surface area (Å²) >= 11 is 0. The lowest BCUT2D eigenvalue weighted by Crippen LogP contribution is -2.54. The molecule has 0 aliphatic carbocycles. The van der Waals surface area contributed by atoms with E-state index in [1.807, 2.05) is 19.2 Å². The van der Waals surface area contributed by atoms with E-state index in [9.17, 15) is 0 Å². The predicted octanol–water partition coefficient (Wildman–Crippen LogP) is 3.23. The van der Waals surface area contributed by atoms with Crippen molar-refractivity contribution >= 4 is 29.9 Å². The number of guanidine groups is 1. The molecule has 1 aliphatic rings. The van der Waals surface area contributed by atoms with Gasteiger partial charge in [0.25, 0.3) is 0 Å². The molecule has 0 radical (unpaired) electrons. The van der Waals surface area contributed by atoms with Gasteiger partial charge in [0.15, 0.2) is 5.96 Å². The summed E-state index contributed by atoms with van der Waals surface area (Å²) in [6, 6.07) is 3.80. The number of hydrogen-bond donors (Lipinski definition) is 2. The Morgan fingerprint density at radius 3 is 2.69 bits per heavy atom. The molecule has 1 aromatic rings. The monoisotopic (exact) mass is 478 g/mol. The molecule has 0 saturated carbocycles. The maximum Gasteiger partial charge on any atom is 0.191 e. The van der Waals surface area contributed by atoms with Gasteiger partial charge in [-0.2, -0.15) is 0 Å². The topological polar surface area (TPSA) is 62.0 Å². The van der Waals surface area contributed by atoms with Gasteiger partial charge in [-0.05, 0) is 58.3 Å². The van der Waals surface area contributed by atoms with Crippen LogP contribution >= 0.6 is 24.0 Å². The zero-order valence-electron chi connectivity index (χ0n) is 16.4. The van der Waals surface area contributed by atoms with Gasteiger partial charge in [0.05, 0.1) is 6.26 Å². The minimum atomic E-state index is 0. The molecule has 0 unspecified atom stereocenters. The van der Waals surface area contributed by atoms with Crippen molar-refractivity contribution in [3.63, 3.8) is 0 Å². The molecular weight excluding hydrogens is 443 g/mol. The zero-order chi connectivity index (χ0) is 18.0. The molecule has 1 fully saturated rings. The van der Waals surface area contributed by atoms with Gasteiger partial charge in [0.2, 0.25) is 0 Å². The number of nitrogens with one attached hydrogen (secondary N) is 2. The van der Waals surface area contributed by atoms with E-state index in [0.717, 1.165) is 31.2 Å². The average molecular weight is 478 g/mol. The first kappa shape index (κ1) is 23.2. The highest BCUT2D eigenvalue weighted by molar-refractivity contribution is 14.0. The number of rotatable bonds is 9. The van der Waals surface area contributed by atoms with Gasteiger partial charge in [-0.3, -0.25) is 9.89 Å². The molecule has 7 heteroatoms. The molecule has 26 heavy (non-hydrogen) atoms. The van der Waals surface area contributed by atoms with Crippen molar-refractivity contribution in [1.29, 1.82) is 0 Å². The van der Waals surface area contributed by atoms with Crippen LogP contribution in [-0.4, -0.2) is 56.2 Å². The number of likely N-dealkylation sites (tertiary alicyclic amines) is 1. The SMILES string of the molecule is CN=C(NCCCOCc1ccco1)NCC(C)(C)N1CCCCC1.I. The van der Waals surface area contributed by atoms with E-state index in [4.69, 9.17) is 9.15 Å². The molecule has 2 heterocycles. The van der Waals surface area contributed by atoms with Gasteiger partial charge < -0.3 is 19.8 Å². The standard InChI is InChI=1S/C19H34N4O2.HI/c1-19(2,23-11-5-4-6-12-23)16-22-18(20-3)21-10-8-13-24-15-17-9-7-14-25-17;/h7,9,14H,4-6,8,10-13,15-16H2,1-3H3,(H2,20,21,22);1H. The third-order valence-electron chi connectivity index (χ3n) is 4.71. The third-order valence-corrected chi connectivity index (χ3v) is 4.71. The minimum Gasteiger partial charge on any atom is -0.467 e. The van der Waals surface area contributed by atoms with Crippen molar-refractivity contribution in [2.24, 2.45) is 4.99 Å². The van der Waals surface area contributed by atoms with Crippen LogP contribution in [0.5, 0.6) is 0 Å². The van der Waals surface area contributed by atoms with E-state index in [-0.39, 0.29) is 29.5 Å². The van der Waals surface area contributed by atoms with Crippen molar-refractivity contribution in [2.45, 2.75) is 51.7 Å². The summed E-state index contributed by atoms with van der Waals surface area (Å²) in [5, 5.41) is 6.82. The van der Waals surface area contributed by atoms with Crippen LogP contribution in [0.25, 0.3) is 0 Å². The Kier molecular flexibility index (Phi) is 11.2. The molecule has 1 aliphatic heterocycles. The summed E-state index contributed by atoms with van der Waals surface area (Å²) in [7, 11) is 1.82. The Labute approximate surface area is 175 Å². The number of halogens is 1. The van der Waals surface area contributed by atoms with E-state index in [0.29, 0.717) is 13.2 Å². The molecule has 2 rings (SSSR count). The lowest BCUT2D eigenvalue weighted by Gasteiger charge is -2.41.